The van der Waals surface area contributed by atoms with Gasteiger partial charge in [0.1, 0.15) is 0 Å². The average Bonchev–Trinajstić information content (AvgIpc) is 2.55. The van der Waals surface area contributed by atoms with Gasteiger partial charge in [-0.05, 0) is 54.0 Å². The van der Waals surface area contributed by atoms with Gasteiger partial charge in [0.15, 0.2) is 0 Å². The monoisotopic (exact) mass is 296 g/mol. The highest BCUT2D eigenvalue weighted by Gasteiger charge is 2.25. The fourth-order valence-electron chi connectivity index (χ4n) is 3.18. The predicted molar refractivity (Wildman–Crippen MR) is 95.1 cm³/mol. The first-order valence-corrected chi connectivity index (χ1v) is 8.47. The zero-order valence-electron chi connectivity index (χ0n) is 14.3. The molecule has 1 heteroatoms. The van der Waals surface area contributed by atoms with Crippen molar-refractivity contribution in [2.75, 3.05) is 0 Å². The molecule has 0 aliphatic carbocycles. The topological polar surface area (TPSA) is 20.2 Å². The summed E-state index contributed by atoms with van der Waals surface area (Å²) in [7, 11) is 0. The third-order valence-electron chi connectivity index (χ3n) is 4.76. The molecule has 0 aromatic heterocycles. The molecule has 0 heterocycles. The van der Waals surface area contributed by atoms with Crippen molar-refractivity contribution in [1.29, 1.82) is 0 Å². The lowest BCUT2D eigenvalue weighted by molar-refractivity contribution is 0.0283. The quantitative estimate of drug-likeness (QED) is 0.733. The summed E-state index contributed by atoms with van der Waals surface area (Å²) in [5, 5.41) is 10.7. The maximum absolute atomic E-state index is 10.7. The molecule has 0 atom stereocenters. The first-order valence-electron chi connectivity index (χ1n) is 8.47. The number of aliphatic hydroxyl groups is 1. The van der Waals surface area contributed by atoms with E-state index in [1.165, 1.54) is 22.3 Å². The van der Waals surface area contributed by atoms with Crippen LogP contribution >= 0.6 is 0 Å². The summed E-state index contributed by atoms with van der Waals surface area (Å²) in [6.45, 7) is 8.45. The van der Waals surface area contributed by atoms with Crippen LogP contribution in [0, 0.1) is 6.92 Å². The summed E-state index contributed by atoms with van der Waals surface area (Å²) in [4.78, 5) is 0. The molecule has 118 valence electrons. The van der Waals surface area contributed by atoms with E-state index >= 15 is 0 Å². The van der Waals surface area contributed by atoms with Gasteiger partial charge in [-0.3, -0.25) is 0 Å². The Bertz CT molecular complexity index is 624. The first-order chi connectivity index (χ1) is 10.6. The summed E-state index contributed by atoms with van der Waals surface area (Å²) < 4.78 is 0. The summed E-state index contributed by atoms with van der Waals surface area (Å²) in [6, 6.07) is 15.1. The van der Waals surface area contributed by atoms with Crippen LogP contribution in [0.5, 0.6) is 0 Å². The van der Waals surface area contributed by atoms with Crippen LogP contribution in [-0.4, -0.2) is 5.11 Å². The molecule has 0 radical (unpaired) electrons. The van der Waals surface area contributed by atoms with Gasteiger partial charge in [0.25, 0.3) is 0 Å². The zero-order valence-corrected chi connectivity index (χ0v) is 14.3. The van der Waals surface area contributed by atoms with Gasteiger partial charge in [0, 0.05) is 0 Å². The lowest BCUT2D eigenvalue weighted by Gasteiger charge is -2.27. The first kappa shape index (κ1) is 16.8. The molecule has 0 bridgehead atoms. The predicted octanol–water partition coefficient (Wildman–Crippen LogP) is 5.62. The molecule has 0 fully saturated rings. The molecule has 2 aromatic rings. The SMILES string of the molecule is CCCc1ccccc1-c1ccc(C(O)(CC)CC)cc1C. The minimum Gasteiger partial charge on any atom is -0.385 e. The zero-order chi connectivity index (χ0) is 16.2. The highest BCUT2D eigenvalue weighted by molar-refractivity contribution is 5.71. The Balaban J connectivity index is 2.47. The summed E-state index contributed by atoms with van der Waals surface area (Å²) >= 11 is 0. The Morgan fingerprint density at radius 3 is 2.18 bits per heavy atom. The molecule has 0 saturated carbocycles. The fraction of sp³-hybridized carbons (Fsp3) is 0.429. The maximum Gasteiger partial charge on any atom is 0.0891 e. The van der Waals surface area contributed by atoms with Gasteiger partial charge >= 0.3 is 0 Å². The molecule has 2 aromatic carbocycles. The molecule has 0 saturated heterocycles. The summed E-state index contributed by atoms with van der Waals surface area (Å²) in [6.07, 6.45) is 3.74. The largest absolute Gasteiger partial charge is 0.385 e. The van der Waals surface area contributed by atoms with E-state index in [-0.39, 0.29) is 0 Å². The number of rotatable bonds is 6. The number of aryl methyl sites for hydroxylation is 2. The van der Waals surface area contributed by atoms with Gasteiger partial charge in [0.2, 0.25) is 0 Å². The van der Waals surface area contributed by atoms with Crippen molar-refractivity contribution in [3.05, 3.63) is 59.2 Å². The average molecular weight is 296 g/mol. The van der Waals surface area contributed by atoms with Crippen molar-refractivity contribution in [3.8, 4) is 11.1 Å². The normalized spacial score (nSPS) is 11.7. The third-order valence-corrected chi connectivity index (χ3v) is 4.76. The minimum absolute atomic E-state index is 0.702. The smallest absolute Gasteiger partial charge is 0.0891 e. The van der Waals surface area contributed by atoms with E-state index in [2.05, 4.69) is 56.3 Å². The van der Waals surface area contributed by atoms with Gasteiger partial charge in [-0.15, -0.1) is 0 Å². The van der Waals surface area contributed by atoms with Gasteiger partial charge in [-0.2, -0.15) is 0 Å². The number of hydrogen-bond acceptors (Lipinski definition) is 1. The second-order valence-electron chi connectivity index (χ2n) is 6.18. The minimum atomic E-state index is -0.702. The Kier molecular flexibility index (Phi) is 5.42. The Morgan fingerprint density at radius 1 is 0.909 bits per heavy atom. The molecule has 1 nitrogen and oxygen atoms in total. The molecule has 0 amide bonds. The van der Waals surface area contributed by atoms with E-state index in [0.29, 0.717) is 0 Å². The van der Waals surface area contributed by atoms with Crippen LogP contribution in [0.2, 0.25) is 0 Å². The number of benzene rings is 2. The van der Waals surface area contributed by atoms with Crippen LogP contribution in [0.25, 0.3) is 11.1 Å². The molecule has 2 rings (SSSR count). The van der Waals surface area contributed by atoms with Crippen LogP contribution in [0.3, 0.4) is 0 Å². The van der Waals surface area contributed by atoms with Gasteiger partial charge < -0.3 is 5.11 Å². The lowest BCUT2D eigenvalue weighted by Crippen LogP contribution is -2.23. The standard InChI is InChI=1S/C21H28O/c1-5-10-17-11-8-9-12-20(17)19-14-13-18(15-16(19)4)21(22,6-2)7-3/h8-9,11-15,22H,5-7,10H2,1-4H3. The highest BCUT2D eigenvalue weighted by Crippen LogP contribution is 2.33. The van der Waals surface area contributed by atoms with E-state index in [4.69, 9.17) is 0 Å². The van der Waals surface area contributed by atoms with Gasteiger partial charge in [-0.1, -0.05) is 69.7 Å². The van der Waals surface area contributed by atoms with Crippen molar-refractivity contribution in [3.63, 3.8) is 0 Å². The van der Waals surface area contributed by atoms with Crippen molar-refractivity contribution in [2.45, 2.75) is 59.0 Å². The molecule has 0 aliphatic heterocycles. The van der Waals surface area contributed by atoms with Crippen molar-refractivity contribution < 1.29 is 5.11 Å². The molecule has 0 aliphatic rings. The Labute approximate surface area is 135 Å². The van der Waals surface area contributed by atoms with Crippen LogP contribution < -0.4 is 0 Å². The van der Waals surface area contributed by atoms with Crippen LogP contribution in [0.4, 0.5) is 0 Å². The Morgan fingerprint density at radius 2 is 1.59 bits per heavy atom. The van der Waals surface area contributed by atoms with Crippen LogP contribution in [0.1, 0.15) is 56.7 Å². The molecule has 1 N–H and O–H groups in total. The Hall–Kier alpha value is -1.60. The van der Waals surface area contributed by atoms with E-state index in [1.807, 2.05) is 13.8 Å². The van der Waals surface area contributed by atoms with Crippen LogP contribution in [-0.2, 0) is 12.0 Å². The third kappa shape index (κ3) is 3.25. The van der Waals surface area contributed by atoms with Crippen LogP contribution in [0.15, 0.2) is 42.5 Å². The molecular weight excluding hydrogens is 268 g/mol. The van der Waals surface area contributed by atoms with Crippen molar-refractivity contribution in [2.24, 2.45) is 0 Å². The molecule has 0 spiro atoms. The van der Waals surface area contributed by atoms with E-state index in [0.717, 1.165) is 31.2 Å². The summed E-state index contributed by atoms with van der Waals surface area (Å²) in [5.41, 5.74) is 5.58. The van der Waals surface area contributed by atoms with E-state index in [9.17, 15) is 5.11 Å². The van der Waals surface area contributed by atoms with E-state index < -0.39 is 5.60 Å². The molecular formula is C21H28O. The van der Waals surface area contributed by atoms with Gasteiger partial charge in [0.05, 0.1) is 5.60 Å². The molecule has 0 unspecified atom stereocenters. The maximum atomic E-state index is 10.7. The second kappa shape index (κ2) is 7.11. The second-order valence-corrected chi connectivity index (χ2v) is 6.18. The van der Waals surface area contributed by atoms with Crippen molar-refractivity contribution in [1.82, 2.24) is 0 Å². The highest BCUT2D eigenvalue weighted by atomic mass is 16.3. The summed E-state index contributed by atoms with van der Waals surface area (Å²) in [5.74, 6) is 0. The van der Waals surface area contributed by atoms with Gasteiger partial charge in [-0.25, -0.2) is 0 Å². The lowest BCUT2D eigenvalue weighted by atomic mass is 9.85. The fourth-order valence-corrected chi connectivity index (χ4v) is 3.18. The molecule has 22 heavy (non-hydrogen) atoms. The number of hydrogen-bond donors (Lipinski definition) is 1. The van der Waals surface area contributed by atoms with Crippen molar-refractivity contribution >= 4 is 0 Å². The van der Waals surface area contributed by atoms with E-state index in [1.54, 1.807) is 0 Å².